The molecule has 0 aliphatic carbocycles. The van der Waals surface area contributed by atoms with Gasteiger partial charge in [0.25, 0.3) is 0 Å². The molecule has 1 fully saturated rings. The molecule has 0 radical (unpaired) electrons. The number of rotatable bonds is 6. The van der Waals surface area contributed by atoms with E-state index in [2.05, 4.69) is 0 Å². The Balaban J connectivity index is 2.84. The number of amides is 2. The zero-order chi connectivity index (χ0) is 18.5. The first kappa shape index (κ1) is 20.5. The van der Waals surface area contributed by atoms with Gasteiger partial charge in [-0.2, -0.15) is 0 Å². The van der Waals surface area contributed by atoms with Gasteiger partial charge in [-0.05, 0) is 33.6 Å². The third-order valence-corrected chi connectivity index (χ3v) is 4.47. The maximum Gasteiger partial charge on any atom is 0.329 e. The fraction of sp³-hybridized carbons (Fsp3) is 0.750. The molecule has 2 N–H and O–H groups in total. The molecule has 24 heavy (non-hydrogen) atoms. The summed E-state index contributed by atoms with van der Waals surface area (Å²) in [4.78, 5) is 48.9. The van der Waals surface area contributed by atoms with Crippen LogP contribution in [-0.2, 0) is 23.9 Å². The van der Waals surface area contributed by atoms with E-state index in [9.17, 15) is 19.2 Å². The van der Waals surface area contributed by atoms with Gasteiger partial charge in [0.05, 0.1) is 5.92 Å². The molecule has 1 heterocycles. The Kier molecular flexibility index (Phi) is 7.26. The Bertz CT molecular complexity index is 515. The lowest BCUT2D eigenvalue weighted by Crippen LogP contribution is -2.47. The number of ether oxygens (including phenoxy) is 1. The minimum atomic E-state index is -0.709. The summed E-state index contributed by atoms with van der Waals surface area (Å²) in [6.07, 6.45) is 1.08. The van der Waals surface area contributed by atoms with Gasteiger partial charge in [0.2, 0.25) is 11.8 Å². The largest absolute Gasteiger partial charge is 0.458 e. The number of primary amides is 1. The molecule has 0 aromatic rings. The van der Waals surface area contributed by atoms with Crippen LogP contribution < -0.4 is 5.73 Å². The first-order chi connectivity index (χ1) is 11.0. The quantitative estimate of drug-likeness (QED) is 0.712. The molecular weight excluding hydrogens is 332 g/mol. The smallest absolute Gasteiger partial charge is 0.329 e. The lowest BCUT2D eigenvalue weighted by atomic mass is 10.0. The van der Waals surface area contributed by atoms with Crippen LogP contribution in [0.3, 0.4) is 0 Å². The summed E-state index contributed by atoms with van der Waals surface area (Å²) in [7, 11) is 0. The normalized spacial score (nSPS) is 19.0. The van der Waals surface area contributed by atoms with Crippen LogP contribution in [0.4, 0.5) is 0 Å². The topological polar surface area (TPSA) is 107 Å². The number of nitrogens with two attached hydrogens (primary N) is 1. The third kappa shape index (κ3) is 6.51. The minimum absolute atomic E-state index is 0.137. The highest BCUT2D eigenvalue weighted by Gasteiger charge is 2.39. The fourth-order valence-electron chi connectivity index (χ4n) is 2.56. The standard InChI is InChI=1S/C16H26N2O5S/c1-10(19)24-9-11(8-13(17)20)14(21)18-7-5-6-12(18)15(22)23-16(2,3)4/h11-12H,5-9H2,1-4H3,(H2,17,20)/t11?,12-/m0/s1. The second kappa shape index (κ2) is 8.50. The molecular formula is C16H26N2O5S. The van der Waals surface area contributed by atoms with Gasteiger partial charge in [-0.25, -0.2) is 4.79 Å². The van der Waals surface area contributed by atoms with Gasteiger partial charge in [0.15, 0.2) is 5.12 Å². The van der Waals surface area contributed by atoms with Crippen LogP contribution in [0, 0.1) is 5.92 Å². The van der Waals surface area contributed by atoms with Crippen molar-refractivity contribution < 1.29 is 23.9 Å². The molecule has 1 rings (SSSR count). The SMILES string of the molecule is CC(=O)SCC(CC(N)=O)C(=O)N1CCC[C@H]1C(=O)OC(C)(C)C. The van der Waals surface area contributed by atoms with Crippen LogP contribution >= 0.6 is 11.8 Å². The summed E-state index contributed by atoms with van der Waals surface area (Å²) in [6.45, 7) is 7.14. The van der Waals surface area contributed by atoms with Gasteiger partial charge < -0.3 is 15.4 Å². The number of likely N-dealkylation sites (tertiary alicyclic amines) is 1. The molecule has 1 unspecified atom stereocenters. The van der Waals surface area contributed by atoms with Gasteiger partial charge in [-0.15, -0.1) is 0 Å². The molecule has 0 aromatic carbocycles. The Morgan fingerprint density at radius 2 is 1.92 bits per heavy atom. The molecule has 2 amide bonds. The fourth-order valence-corrected chi connectivity index (χ4v) is 3.25. The van der Waals surface area contributed by atoms with Gasteiger partial charge in [0, 0.05) is 25.6 Å². The van der Waals surface area contributed by atoms with Crippen molar-refractivity contribution in [2.24, 2.45) is 11.7 Å². The average Bonchev–Trinajstić information content (AvgIpc) is 2.89. The molecule has 136 valence electrons. The summed E-state index contributed by atoms with van der Waals surface area (Å²) < 4.78 is 5.38. The maximum atomic E-state index is 12.8. The molecule has 0 bridgehead atoms. The van der Waals surface area contributed by atoms with E-state index in [1.54, 1.807) is 20.8 Å². The molecule has 0 spiro atoms. The number of nitrogens with zero attached hydrogens (tertiary/aromatic N) is 1. The van der Waals surface area contributed by atoms with Crippen molar-refractivity contribution in [1.29, 1.82) is 0 Å². The molecule has 0 aromatic heterocycles. The van der Waals surface area contributed by atoms with Gasteiger partial charge in [0.1, 0.15) is 11.6 Å². The van der Waals surface area contributed by atoms with Crippen LogP contribution in [0.25, 0.3) is 0 Å². The van der Waals surface area contributed by atoms with Crippen LogP contribution in [0.15, 0.2) is 0 Å². The van der Waals surface area contributed by atoms with Crippen molar-refractivity contribution in [3.05, 3.63) is 0 Å². The number of thioether (sulfide) groups is 1. The summed E-state index contributed by atoms with van der Waals surface area (Å²) in [5.41, 5.74) is 4.58. The molecule has 1 aliphatic rings. The predicted octanol–water partition coefficient (Wildman–Crippen LogP) is 1.09. The average molecular weight is 358 g/mol. The number of carbonyl (C=O) groups is 4. The Morgan fingerprint density at radius 1 is 1.29 bits per heavy atom. The molecule has 7 nitrogen and oxygen atoms in total. The van der Waals surface area contributed by atoms with Gasteiger partial charge >= 0.3 is 5.97 Å². The van der Waals surface area contributed by atoms with Crippen LogP contribution in [0.5, 0.6) is 0 Å². The highest BCUT2D eigenvalue weighted by Crippen LogP contribution is 2.25. The van der Waals surface area contributed by atoms with Crippen molar-refractivity contribution in [3.63, 3.8) is 0 Å². The van der Waals surface area contributed by atoms with Crippen LogP contribution in [0.2, 0.25) is 0 Å². The number of esters is 1. The first-order valence-electron chi connectivity index (χ1n) is 7.96. The van der Waals surface area contributed by atoms with Crippen LogP contribution in [-0.4, -0.2) is 51.7 Å². The third-order valence-electron chi connectivity index (χ3n) is 3.50. The monoisotopic (exact) mass is 358 g/mol. The number of hydrogen-bond donors (Lipinski definition) is 1. The minimum Gasteiger partial charge on any atom is -0.458 e. The van der Waals surface area contributed by atoms with E-state index in [-0.39, 0.29) is 23.2 Å². The Hall–Kier alpha value is -1.57. The Morgan fingerprint density at radius 3 is 2.42 bits per heavy atom. The lowest BCUT2D eigenvalue weighted by Gasteiger charge is -2.29. The highest BCUT2D eigenvalue weighted by molar-refractivity contribution is 8.13. The highest BCUT2D eigenvalue weighted by atomic mass is 32.2. The summed E-state index contributed by atoms with van der Waals surface area (Å²) in [5.74, 6) is -1.90. The van der Waals surface area contributed by atoms with Gasteiger partial charge in [-0.1, -0.05) is 11.8 Å². The number of hydrogen-bond acceptors (Lipinski definition) is 6. The van der Waals surface area contributed by atoms with Crippen molar-refractivity contribution >= 4 is 34.7 Å². The zero-order valence-corrected chi connectivity index (χ0v) is 15.5. The number of carbonyl (C=O) groups excluding carboxylic acids is 4. The van der Waals surface area contributed by atoms with E-state index in [4.69, 9.17) is 10.5 Å². The summed E-state index contributed by atoms with van der Waals surface area (Å²) in [6, 6.07) is -0.644. The second-order valence-corrected chi connectivity index (χ2v) is 8.09. The maximum absolute atomic E-state index is 12.8. The van der Waals surface area contributed by atoms with Crippen molar-refractivity contribution in [1.82, 2.24) is 4.90 Å². The molecule has 0 saturated carbocycles. The van der Waals surface area contributed by atoms with Crippen molar-refractivity contribution in [3.8, 4) is 0 Å². The van der Waals surface area contributed by atoms with E-state index < -0.39 is 29.4 Å². The van der Waals surface area contributed by atoms with E-state index in [0.717, 1.165) is 11.8 Å². The second-order valence-electron chi connectivity index (χ2n) is 6.89. The Labute approximate surface area is 146 Å². The summed E-state index contributed by atoms with van der Waals surface area (Å²) in [5, 5.41) is -0.137. The van der Waals surface area contributed by atoms with Crippen molar-refractivity contribution in [2.45, 2.75) is 58.6 Å². The van der Waals surface area contributed by atoms with E-state index in [1.165, 1.54) is 11.8 Å². The summed E-state index contributed by atoms with van der Waals surface area (Å²) >= 11 is 0.978. The predicted molar refractivity (Wildman–Crippen MR) is 91.0 cm³/mol. The van der Waals surface area contributed by atoms with E-state index >= 15 is 0 Å². The molecule has 1 saturated heterocycles. The zero-order valence-electron chi connectivity index (χ0n) is 14.7. The van der Waals surface area contributed by atoms with Gasteiger partial charge in [-0.3, -0.25) is 14.4 Å². The van der Waals surface area contributed by atoms with E-state index in [0.29, 0.717) is 19.4 Å². The lowest BCUT2D eigenvalue weighted by molar-refractivity contribution is -0.163. The first-order valence-corrected chi connectivity index (χ1v) is 8.95. The molecule has 1 aliphatic heterocycles. The van der Waals surface area contributed by atoms with Crippen molar-refractivity contribution in [2.75, 3.05) is 12.3 Å². The van der Waals surface area contributed by atoms with E-state index in [1.807, 2.05) is 0 Å². The molecule has 2 atom stereocenters. The van der Waals surface area contributed by atoms with Crippen LogP contribution in [0.1, 0.15) is 47.0 Å². The molecule has 8 heteroatoms.